The third-order valence-corrected chi connectivity index (χ3v) is 7.52. The number of ether oxygens (including phenoxy) is 1. The number of aliphatic hydroxyl groups is 2. The van der Waals surface area contributed by atoms with Gasteiger partial charge in [0.05, 0.1) is 17.8 Å². The SMILES string of the molecule is O=C(O)c1cc(F)c2c(c1)O[C@H]1C[C@@H](O)[C@H](/C=C/C(O)C3(c4ccccc4)CC3)[C@H]1CC2. The molecule has 1 aliphatic heterocycles. The number of carbonyl (C=O) groups is 1. The molecule has 2 saturated carbocycles. The summed E-state index contributed by atoms with van der Waals surface area (Å²) < 4.78 is 20.6. The van der Waals surface area contributed by atoms with Crippen molar-refractivity contribution in [2.24, 2.45) is 11.8 Å². The first-order valence-electron chi connectivity index (χ1n) is 11.2. The molecule has 6 heteroatoms. The molecule has 0 bridgehead atoms. The Morgan fingerprint density at radius 1 is 1.22 bits per heavy atom. The van der Waals surface area contributed by atoms with Crippen LogP contribution in [0.3, 0.4) is 0 Å². The topological polar surface area (TPSA) is 87.0 Å². The summed E-state index contributed by atoms with van der Waals surface area (Å²) in [6.07, 6.45) is 5.37. The van der Waals surface area contributed by atoms with Crippen LogP contribution in [0.4, 0.5) is 4.39 Å². The molecule has 3 N–H and O–H groups in total. The molecule has 2 aliphatic carbocycles. The maximum Gasteiger partial charge on any atom is 0.335 e. The molecule has 5 rings (SSSR count). The maximum atomic E-state index is 14.5. The highest BCUT2D eigenvalue weighted by atomic mass is 19.1. The van der Waals surface area contributed by atoms with Crippen LogP contribution in [0.2, 0.25) is 0 Å². The highest BCUT2D eigenvalue weighted by Crippen LogP contribution is 2.51. The van der Waals surface area contributed by atoms with Crippen LogP contribution >= 0.6 is 0 Å². The minimum atomic E-state index is -1.20. The van der Waals surface area contributed by atoms with Crippen LogP contribution in [0, 0.1) is 17.7 Å². The van der Waals surface area contributed by atoms with Crippen LogP contribution in [0.5, 0.6) is 5.75 Å². The summed E-state index contributed by atoms with van der Waals surface area (Å²) in [5.41, 5.74) is 1.11. The third-order valence-electron chi connectivity index (χ3n) is 7.52. The lowest BCUT2D eigenvalue weighted by molar-refractivity contribution is 0.0694. The normalized spacial score (nSPS) is 29.0. The predicted molar refractivity (Wildman–Crippen MR) is 116 cm³/mol. The van der Waals surface area contributed by atoms with Gasteiger partial charge in [0, 0.05) is 29.2 Å². The van der Waals surface area contributed by atoms with E-state index in [1.165, 1.54) is 6.07 Å². The Hall–Kier alpha value is -2.70. The average Bonchev–Trinajstić information content (AvgIpc) is 3.55. The van der Waals surface area contributed by atoms with Gasteiger partial charge in [0.25, 0.3) is 0 Å². The first kappa shape index (κ1) is 21.2. The van der Waals surface area contributed by atoms with Gasteiger partial charge in [0.2, 0.25) is 0 Å². The molecule has 0 amide bonds. The minimum absolute atomic E-state index is 0.0413. The van der Waals surface area contributed by atoms with Crippen molar-refractivity contribution in [1.29, 1.82) is 0 Å². The first-order chi connectivity index (χ1) is 15.4. The van der Waals surface area contributed by atoms with Crippen LogP contribution in [-0.4, -0.2) is 39.6 Å². The van der Waals surface area contributed by atoms with Crippen molar-refractivity contribution in [1.82, 2.24) is 0 Å². The van der Waals surface area contributed by atoms with E-state index < -0.39 is 24.0 Å². The monoisotopic (exact) mass is 438 g/mol. The largest absolute Gasteiger partial charge is 0.490 e. The number of fused-ring (bicyclic) bond motifs is 2. The molecule has 3 aliphatic rings. The lowest BCUT2D eigenvalue weighted by Gasteiger charge is -2.23. The molecule has 32 heavy (non-hydrogen) atoms. The van der Waals surface area contributed by atoms with Crippen molar-refractivity contribution in [2.75, 3.05) is 0 Å². The summed E-state index contributed by atoms with van der Waals surface area (Å²) in [5.74, 6) is -1.77. The number of carboxylic acid groups (broad SMARTS) is 1. The van der Waals surface area contributed by atoms with Crippen molar-refractivity contribution in [3.63, 3.8) is 0 Å². The van der Waals surface area contributed by atoms with E-state index in [0.29, 0.717) is 24.8 Å². The molecule has 5 nitrogen and oxygen atoms in total. The van der Waals surface area contributed by atoms with E-state index >= 15 is 0 Å². The van der Waals surface area contributed by atoms with Gasteiger partial charge < -0.3 is 20.1 Å². The third kappa shape index (κ3) is 3.61. The number of aromatic carboxylic acids is 1. The Morgan fingerprint density at radius 3 is 2.66 bits per heavy atom. The zero-order chi connectivity index (χ0) is 22.5. The number of benzene rings is 2. The summed E-state index contributed by atoms with van der Waals surface area (Å²) in [5, 5.41) is 30.9. The molecule has 2 fully saturated rings. The Morgan fingerprint density at radius 2 is 1.97 bits per heavy atom. The number of aliphatic hydroxyl groups excluding tert-OH is 2. The van der Waals surface area contributed by atoms with Gasteiger partial charge in [-0.2, -0.15) is 0 Å². The van der Waals surface area contributed by atoms with Crippen LogP contribution in [-0.2, 0) is 11.8 Å². The van der Waals surface area contributed by atoms with Crippen LogP contribution < -0.4 is 4.74 Å². The second kappa shape index (κ2) is 8.01. The lowest BCUT2D eigenvalue weighted by Crippen LogP contribution is -2.26. The van der Waals surface area contributed by atoms with Crippen LogP contribution in [0.15, 0.2) is 54.6 Å². The summed E-state index contributed by atoms with van der Waals surface area (Å²) in [6, 6.07) is 12.4. The van der Waals surface area contributed by atoms with Crippen molar-refractivity contribution < 1.29 is 29.2 Å². The number of hydrogen-bond acceptors (Lipinski definition) is 4. The quantitative estimate of drug-likeness (QED) is 0.617. The van der Waals surface area contributed by atoms with E-state index in [2.05, 4.69) is 0 Å². The standard InChI is InChI=1S/C26H27FO5/c27-20-12-15(25(30)31)13-22-19(20)7-6-18-17(21(28)14-23(18)32-22)8-9-24(29)26(10-11-26)16-4-2-1-3-5-16/h1-5,8-9,12-13,17-18,21,23-24,28-29H,6-7,10-11,14H2,(H,30,31)/b9-8+/t17-,18-,21-,23+,24?/m1/s1. The van der Waals surface area contributed by atoms with E-state index in [4.69, 9.17) is 4.74 Å². The van der Waals surface area contributed by atoms with Crippen molar-refractivity contribution in [3.8, 4) is 5.75 Å². The zero-order valence-corrected chi connectivity index (χ0v) is 17.7. The Bertz CT molecular complexity index is 1050. The smallest absolute Gasteiger partial charge is 0.335 e. The molecule has 2 aromatic rings. The molecular weight excluding hydrogens is 411 g/mol. The van der Waals surface area contributed by atoms with E-state index in [1.807, 2.05) is 36.4 Å². The Labute approximate surface area is 186 Å². The molecule has 0 radical (unpaired) electrons. The molecule has 2 aromatic carbocycles. The molecule has 5 atom stereocenters. The lowest BCUT2D eigenvalue weighted by atomic mass is 9.85. The molecule has 0 saturated heterocycles. The number of rotatable bonds is 5. The predicted octanol–water partition coefficient (Wildman–Crippen LogP) is 3.86. The van der Waals surface area contributed by atoms with Gasteiger partial charge in [0.1, 0.15) is 17.7 Å². The van der Waals surface area contributed by atoms with Gasteiger partial charge in [-0.05, 0) is 43.4 Å². The number of carboxylic acids is 1. The fraction of sp³-hybridized carbons (Fsp3) is 0.423. The summed E-state index contributed by atoms with van der Waals surface area (Å²) in [6.45, 7) is 0. The fourth-order valence-electron chi connectivity index (χ4n) is 5.52. The van der Waals surface area contributed by atoms with Crippen molar-refractivity contribution in [3.05, 3.63) is 77.1 Å². The van der Waals surface area contributed by atoms with Gasteiger partial charge in [-0.15, -0.1) is 0 Å². The average molecular weight is 438 g/mol. The molecule has 1 unspecified atom stereocenters. The van der Waals surface area contributed by atoms with Crippen LogP contribution in [0.1, 0.15) is 47.2 Å². The number of hydrogen-bond donors (Lipinski definition) is 3. The Balaban J connectivity index is 1.35. The van der Waals surface area contributed by atoms with Gasteiger partial charge in [0.15, 0.2) is 0 Å². The second-order valence-corrected chi connectivity index (χ2v) is 9.33. The summed E-state index contributed by atoms with van der Waals surface area (Å²) in [7, 11) is 0. The Kier molecular flexibility index (Phi) is 5.30. The van der Waals surface area contributed by atoms with Gasteiger partial charge in [-0.1, -0.05) is 42.5 Å². The van der Waals surface area contributed by atoms with E-state index in [1.54, 1.807) is 6.08 Å². The van der Waals surface area contributed by atoms with E-state index in [0.717, 1.165) is 24.5 Å². The fourth-order valence-corrected chi connectivity index (χ4v) is 5.52. The molecule has 168 valence electrons. The van der Waals surface area contributed by atoms with Crippen molar-refractivity contribution in [2.45, 2.75) is 55.8 Å². The molecular formula is C26H27FO5. The van der Waals surface area contributed by atoms with E-state index in [9.17, 15) is 24.5 Å². The second-order valence-electron chi connectivity index (χ2n) is 9.33. The summed E-state index contributed by atoms with van der Waals surface area (Å²) in [4.78, 5) is 11.3. The molecule has 1 heterocycles. The minimum Gasteiger partial charge on any atom is -0.490 e. The number of halogens is 1. The molecule has 0 aromatic heterocycles. The highest BCUT2D eigenvalue weighted by Gasteiger charge is 2.50. The first-order valence-corrected chi connectivity index (χ1v) is 11.2. The molecule has 0 spiro atoms. The van der Waals surface area contributed by atoms with Gasteiger partial charge in [-0.3, -0.25) is 0 Å². The van der Waals surface area contributed by atoms with Gasteiger partial charge in [-0.25, -0.2) is 9.18 Å². The zero-order valence-electron chi connectivity index (χ0n) is 17.7. The summed E-state index contributed by atoms with van der Waals surface area (Å²) >= 11 is 0. The maximum absolute atomic E-state index is 14.5. The van der Waals surface area contributed by atoms with E-state index in [-0.39, 0.29) is 34.7 Å². The van der Waals surface area contributed by atoms with Crippen molar-refractivity contribution >= 4 is 5.97 Å². The van der Waals surface area contributed by atoms with Crippen LogP contribution in [0.25, 0.3) is 0 Å². The highest BCUT2D eigenvalue weighted by molar-refractivity contribution is 5.88. The van der Waals surface area contributed by atoms with Gasteiger partial charge >= 0.3 is 5.97 Å².